The zero-order valence-corrected chi connectivity index (χ0v) is 15.7. The van der Waals surface area contributed by atoms with Gasteiger partial charge in [0.25, 0.3) is 11.5 Å². The third-order valence-electron chi connectivity index (χ3n) is 5.43. The first-order chi connectivity index (χ1) is 12.9. The van der Waals surface area contributed by atoms with Crippen molar-refractivity contribution in [3.05, 3.63) is 69.6 Å². The summed E-state index contributed by atoms with van der Waals surface area (Å²) < 4.78 is 1.60. The summed E-state index contributed by atoms with van der Waals surface area (Å²) in [6.07, 6.45) is 2.83. The fourth-order valence-electron chi connectivity index (χ4n) is 3.62. The smallest absolute Gasteiger partial charge is 0.264 e. The Morgan fingerprint density at radius 1 is 1.11 bits per heavy atom. The molecule has 1 aromatic carbocycles. The molecular formula is C21H25N3O3. The molecule has 2 aromatic rings. The van der Waals surface area contributed by atoms with E-state index < -0.39 is 0 Å². The maximum absolute atomic E-state index is 13.1. The van der Waals surface area contributed by atoms with Crippen LogP contribution < -0.4 is 11.3 Å². The highest BCUT2D eigenvalue weighted by molar-refractivity contribution is 5.95. The molecule has 6 nitrogen and oxygen atoms in total. The summed E-state index contributed by atoms with van der Waals surface area (Å²) in [7, 11) is 0. The molecule has 2 heterocycles. The lowest BCUT2D eigenvalue weighted by atomic mass is 9.95. The van der Waals surface area contributed by atoms with Crippen molar-refractivity contribution in [3.63, 3.8) is 0 Å². The van der Waals surface area contributed by atoms with Gasteiger partial charge in [0, 0.05) is 25.2 Å². The molecule has 1 aromatic heterocycles. The minimum absolute atomic E-state index is 0.175. The SMILES string of the molecule is Cc1ccn(C(C)c2ccccc2)c(=O)c1C(=O)N1CCC(C(N)=O)CC1. The number of primary amides is 1. The Hall–Kier alpha value is -2.89. The number of hydrogen-bond acceptors (Lipinski definition) is 3. The van der Waals surface area contributed by atoms with Crippen molar-refractivity contribution in [1.29, 1.82) is 0 Å². The summed E-state index contributed by atoms with van der Waals surface area (Å²) in [5.74, 6) is -0.784. The monoisotopic (exact) mass is 367 g/mol. The third kappa shape index (κ3) is 3.79. The zero-order chi connectivity index (χ0) is 19.6. The molecule has 6 heteroatoms. The second-order valence-electron chi connectivity index (χ2n) is 7.14. The Labute approximate surface area is 158 Å². The second kappa shape index (κ2) is 7.78. The molecule has 1 aliphatic heterocycles. The number of benzene rings is 1. The van der Waals surface area contributed by atoms with Crippen molar-refractivity contribution >= 4 is 11.8 Å². The van der Waals surface area contributed by atoms with Crippen LogP contribution in [0.2, 0.25) is 0 Å². The maximum atomic E-state index is 13.1. The topological polar surface area (TPSA) is 85.4 Å². The fraction of sp³-hybridized carbons (Fsp3) is 0.381. The molecule has 2 amide bonds. The van der Waals surface area contributed by atoms with Gasteiger partial charge in [0.1, 0.15) is 5.56 Å². The van der Waals surface area contributed by atoms with Crippen molar-refractivity contribution in [2.45, 2.75) is 32.7 Å². The van der Waals surface area contributed by atoms with E-state index in [0.29, 0.717) is 31.5 Å². The van der Waals surface area contributed by atoms with Gasteiger partial charge in [-0.05, 0) is 43.9 Å². The van der Waals surface area contributed by atoms with E-state index in [2.05, 4.69) is 0 Å². The molecule has 1 unspecified atom stereocenters. The minimum atomic E-state index is -0.322. The number of aryl methyl sites for hydroxylation is 1. The number of rotatable bonds is 4. The van der Waals surface area contributed by atoms with Gasteiger partial charge in [-0.25, -0.2) is 0 Å². The van der Waals surface area contributed by atoms with Crippen LogP contribution in [-0.2, 0) is 4.79 Å². The van der Waals surface area contributed by atoms with Gasteiger partial charge in [0.05, 0.1) is 6.04 Å². The Balaban J connectivity index is 1.89. The number of aromatic nitrogens is 1. The standard InChI is InChI=1S/C21H25N3O3/c1-14-8-13-24(15(2)16-6-4-3-5-7-16)21(27)18(14)20(26)23-11-9-17(10-12-23)19(22)25/h3-8,13,15,17H,9-12H2,1-2H3,(H2,22,25). The van der Waals surface area contributed by atoms with E-state index in [1.165, 1.54) is 0 Å². The van der Waals surface area contributed by atoms with E-state index in [1.54, 1.807) is 22.6 Å². The van der Waals surface area contributed by atoms with E-state index in [-0.39, 0.29) is 34.9 Å². The van der Waals surface area contributed by atoms with Gasteiger partial charge < -0.3 is 15.2 Å². The highest BCUT2D eigenvalue weighted by Crippen LogP contribution is 2.20. The summed E-state index contributed by atoms with van der Waals surface area (Å²) in [6.45, 7) is 4.60. The highest BCUT2D eigenvalue weighted by atomic mass is 16.2. The van der Waals surface area contributed by atoms with E-state index in [1.807, 2.05) is 43.3 Å². The third-order valence-corrected chi connectivity index (χ3v) is 5.43. The number of nitrogens with two attached hydrogens (primary N) is 1. The normalized spacial score (nSPS) is 16.1. The summed E-state index contributed by atoms with van der Waals surface area (Å²) in [5, 5.41) is 0. The number of carbonyl (C=O) groups is 2. The number of amides is 2. The van der Waals surface area contributed by atoms with Crippen molar-refractivity contribution in [1.82, 2.24) is 9.47 Å². The number of piperidine rings is 1. The summed E-state index contributed by atoms with van der Waals surface area (Å²) in [6, 6.07) is 11.4. The van der Waals surface area contributed by atoms with Gasteiger partial charge in [-0.3, -0.25) is 14.4 Å². The Bertz CT molecular complexity index is 897. The van der Waals surface area contributed by atoms with Gasteiger partial charge in [0.2, 0.25) is 5.91 Å². The molecule has 3 rings (SSSR count). The lowest BCUT2D eigenvalue weighted by Gasteiger charge is -2.31. The van der Waals surface area contributed by atoms with Gasteiger partial charge in [-0.1, -0.05) is 30.3 Å². The Morgan fingerprint density at radius 3 is 2.33 bits per heavy atom. The van der Waals surface area contributed by atoms with Crippen molar-refractivity contribution in [3.8, 4) is 0 Å². The molecule has 0 saturated carbocycles. The fourth-order valence-corrected chi connectivity index (χ4v) is 3.62. The minimum Gasteiger partial charge on any atom is -0.369 e. The molecule has 27 heavy (non-hydrogen) atoms. The number of nitrogens with zero attached hydrogens (tertiary/aromatic N) is 2. The van der Waals surface area contributed by atoms with Crippen LogP contribution in [-0.4, -0.2) is 34.4 Å². The van der Waals surface area contributed by atoms with Crippen LogP contribution in [0, 0.1) is 12.8 Å². The van der Waals surface area contributed by atoms with Gasteiger partial charge >= 0.3 is 0 Å². The van der Waals surface area contributed by atoms with Crippen LogP contribution in [0.3, 0.4) is 0 Å². The quantitative estimate of drug-likeness (QED) is 0.898. The van der Waals surface area contributed by atoms with E-state index in [9.17, 15) is 14.4 Å². The number of likely N-dealkylation sites (tertiary alicyclic amines) is 1. The van der Waals surface area contributed by atoms with Crippen molar-refractivity contribution < 1.29 is 9.59 Å². The van der Waals surface area contributed by atoms with Crippen molar-refractivity contribution in [2.24, 2.45) is 11.7 Å². The molecule has 1 saturated heterocycles. The number of hydrogen-bond donors (Lipinski definition) is 1. The predicted octanol–water partition coefficient (Wildman–Crippen LogP) is 2.10. The van der Waals surface area contributed by atoms with Crippen LogP contribution >= 0.6 is 0 Å². The molecule has 2 N–H and O–H groups in total. The molecule has 1 aliphatic rings. The van der Waals surface area contributed by atoms with Crippen molar-refractivity contribution in [2.75, 3.05) is 13.1 Å². The average Bonchev–Trinajstić information content (AvgIpc) is 2.68. The highest BCUT2D eigenvalue weighted by Gasteiger charge is 2.29. The predicted molar refractivity (Wildman–Crippen MR) is 104 cm³/mol. The first-order valence-corrected chi connectivity index (χ1v) is 9.25. The molecule has 142 valence electrons. The molecule has 0 spiro atoms. The first kappa shape index (κ1) is 18.9. The first-order valence-electron chi connectivity index (χ1n) is 9.25. The second-order valence-corrected chi connectivity index (χ2v) is 7.14. The van der Waals surface area contributed by atoms with Gasteiger partial charge in [0.15, 0.2) is 0 Å². The molecule has 1 atom stereocenters. The van der Waals surface area contributed by atoms with Crippen LogP contribution in [0.5, 0.6) is 0 Å². The van der Waals surface area contributed by atoms with Gasteiger partial charge in [-0.2, -0.15) is 0 Å². The molecular weight excluding hydrogens is 342 g/mol. The molecule has 1 fully saturated rings. The largest absolute Gasteiger partial charge is 0.369 e. The van der Waals surface area contributed by atoms with E-state index in [0.717, 1.165) is 5.56 Å². The Morgan fingerprint density at radius 2 is 1.74 bits per heavy atom. The Kier molecular flexibility index (Phi) is 5.44. The molecule has 0 aliphatic carbocycles. The van der Waals surface area contributed by atoms with Crippen LogP contribution in [0.25, 0.3) is 0 Å². The van der Waals surface area contributed by atoms with Crippen LogP contribution in [0.4, 0.5) is 0 Å². The average molecular weight is 367 g/mol. The van der Waals surface area contributed by atoms with E-state index in [4.69, 9.17) is 5.73 Å². The lowest BCUT2D eigenvalue weighted by Crippen LogP contribution is -2.44. The zero-order valence-electron chi connectivity index (χ0n) is 15.7. The van der Waals surface area contributed by atoms with E-state index >= 15 is 0 Å². The molecule has 0 bridgehead atoms. The van der Waals surface area contributed by atoms with Crippen LogP contribution in [0.15, 0.2) is 47.4 Å². The maximum Gasteiger partial charge on any atom is 0.264 e. The van der Waals surface area contributed by atoms with Gasteiger partial charge in [-0.15, -0.1) is 0 Å². The van der Waals surface area contributed by atoms with Crippen LogP contribution in [0.1, 0.15) is 47.3 Å². The lowest BCUT2D eigenvalue weighted by molar-refractivity contribution is -0.123. The number of pyridine rings is 1. The summed E-state index contributed by atoms with van der Waals surface area (Å²) in [4.78, 5) is 39.1. The number of carbonyl (C=O) groups excluding carboxylic acids is 2. The summed E-state index contributed by atoms with van der Waals surface area (Å²) in [5.41, 5.74) is 6.95. The molecule has 0 radical (unpaired) electrons. The summed E-state index contributed by atoms with van der Waals surface area (Å²) >= 11 is 0.